The molecule has 3 aromatic heterocycles. The van der Waals surface area contributed by atoms with Crippen molar-refractivity contribution in [2.24, 2.45) is 0 Å². The van der Waals surface area contributed by atoms with Crippen LogP contribution in [0.1, 0.15) is 0 Å². The minimum atomic E-state index is 0.810. The Balaban J connectivity index is 1.07. The van der Waals surface area contributed by atoms with Gasteiger partial charge < -0.3 is 8.83 Å². The Kier molecular flexibility index (Phi) is 5.50. The van der Waals surface area contributed by atoms with E-state index >= 15 is 0 Å². The first-order valence-corrected chi connectivity index (χ1v) is 14.8. The smallest absolute Gasteiger partial charge is 0.153 e. The predicted octanol–water partition coefficient (Wildman–Crippen LogP) is 11.5. The Morgan fingerprint density at radius 3 is 1.30 bits per heavy atom. The summed E-state index contributed by atoms with van der Waals surface area (Å²) in [6.45, 7) is 0. The molecular formula is C41H25NO2. The zero-order chi connectivity index (χ0) is 29.0. The number of para-hydroxylation sites is 1. The molecule has 0 unspecified atom stereocenters. The molecule has 0 amide bonds. The number of aromatic nitrogens is 1. The van der Waals surface area contributed by atoms with Crippen molar-refractivity contribution in [1.82, 2.24) is 4.98 Å². The molecular weight excluding hydrogens is 538 g/mol. The van der Waals surface area contributed by atoms with Gasteiger partial charge in [-0.1, -0.05) is 84.9 Å². The molecule has 6 aromatic carbocycles. The van der Waals surface area contributed by atoms with E-state index in [-0.39, 0.29) is 0 Å². The molecule has 9 rings (SSSR count). The van der Waals surface area contributed by atoms with Crippen LogP contribution >= 0.6 is 0 Å². The van der Waals surface area contributed by atoms with Gasteiger partial charge in [-0.3, -0.25) is 4.98 Å². The second kappa shape index (κ2) is 9.82. The largest absolute Gasteiger partial charge is 0.456 e. The average molecular weight is 564 g/mol. The van der Waals surface area contributed by atoms with Gasteiger partial charge in [-0.05, 0) is 99.1 Å². The highest BCUT2D eigenvalue weighted by Crippen LogP contribution is 2.36. The lowest BCUT2D eigenvalue weighted by molar-refractivity contribution is 0.667. The molecule has 0 aliphatic heterocycles. The second-order valence-corrected chi connectivity index (χ2v) is 11.2. The lowest BCUT2D eigenvalue weighted by atomic mass is 9.94. The molecule has 0 spiro atoms. The van der Waals surface area contributed by atoms with Crippen molar-refractivity contribution in [1.29, 1.82) is 0 Å². The number of nitrogens with zero attached hydrogens (tertiary/aromatic N) is 1. The summed E-state index contributed by atoms with van der Waals surface area (Å²) in [7, 11) is 0. The van der Waals surface area contributed by atoms with Gasteiger partial charge in [0.05, 0.1) is 6.20 Å². The highest BCUT2D eigenvalue weighted by atomic mass is 16.3. The van der Waals surface area contributed by atoms with Gasteiger partial charge in [-0.15, -0.1) is 0 Å². The lowest BCUT2D eigenvalue weighted by Crippen LogP contribution is -1.85. The van der Waals surface area contributed by atoms with Gasteiger partial charge >= 0.3 is 0 Å². The Morgan fingerprint density at radius 2 is 0.750 bits per heavy atom. The number of hydrogen-bond donors (Lipinski definition) is 0. The molecule has 0 saturated carbocycles. The quantitative estimate of drug-likeness (QED) is 0.214. The van der Waals surface area contributed by atoms with E-state index in [9.17, 15) is 0 Å². The van der Waals surface area contributed by atoms with E-state index in [1.54, 1.807) is 6.20 Å². The number of rotatable bonds is 4. The van der Waals surface area contributed by atoms with Gasteiger partial charge in [0.2, 0.25) is 0 Å². The van der Waals surface area contributed by atoms with Crippen molar-refractivity contribution < 1.29 is 8.83 Å². The maximum absolute atomic E-state index is 6.05. The highest BCUT2D eigenvalue weighted by Gasteiger charge is 2.11. The van der Waals surface area contributed by atoms with Crippen molar-refractivity contribution >= 4 is 43.9 Å². The monoisotopic (exact) mass is 563 g/mol. The number of benzene rings is 6. The maximum atomic E-state index is 6.05. The zero-order valence-corrected chi connectivity index (χ0v) is 23.7. The summed E-state index contributed by atoms with van der Waals surface area (Å²) in [5.41, 5.74) is 12.9. The Hall–Kier alpha value is -5.93. The zero-order valence-electron chi connectivity index (χ0n) is 23.7. The Labute approximate surface area is 253 Å². The van der Waals surface area contributed by atoms with E-state index in [0.717, 1.165) is 49.4 Å². The standard InChI is InChI=1S/C41H25NO2/c1-2-13-38-34(12-1)36-23-32(14-16-39(36)43-38)30-10-4-8-28(21-30)26-6-3-7-27(20-26)29-9-5-11-31(22-29)33-15-17-40-37(24-33)35-18-19-42-25-41(35)44-40/h1-25H. The Morgan fingerprint density at radius 1 is 0.318 bits per heavy atom. The molecule has 0 saturated heterocycles. The summed E-state index contributed by atoms with van der Waals surface area (Å²) in [5.74, 6) is 0. The summed E-state index contributed by atoms with van der Waals surface area (Å²) in [5, 5.41) is 4.47. The predicted molar refractivity (Wildman–Crippen MR) is 181 cm³/mol. The van der Waals surface area contributed by atoms with Gasteiger partial charge in [-0.2, -0.15) is 0 Å². The van der Waals surface area contributed by atoms with Crippen molar-refractivity contribution in [3.63, 3.8) is 0 Å². The molecule has 9 aromatic rings. The number of furan rings is 2. The molecule has 0 aliphatic rings. The fourth-order valence-electron chi connectivity index (χ4n) is 6.35. The third-order valence-electron chi connectivity index (χ3n) is 8.57. The summed E-state index contributed by atoms with van der Waals surface area (Å²) < 4.78 is 12.0. The van der Waals surface area contributed by atoms with E-state index < -0.39 is 0 Å². The maximum Gasteiger partial charge on any atom is 0.153 e. The van der Waals surface area contributed by atoms with Gasteiger partial charge in [0.25, 0.3) is 0 Å². The molecule has 3 heterocycles. The summed E-state index contributed by atoms with van der Waals surface area (Å²) in [6, 6.07) is 49.4. The van der Waals surface area contributed by atoms with Crippen LogP contribution in [0.4, 0.5) is 0 Å². The first-order chi connectivity index (χ1) is 21.8. The summed E-state index contributed by atoms with van der Waals surface area (Å²) >= 11 is 0. The molecule has 0 aliphatic carbocycles. The molecule has 3 heteroatoms. The van der Waals surface area contributed by atoms with Crippen LogP contribution < -0.4 is 0 Å². The first kappa shape index (κ1) is 24.6. The molecule has 0 radical (unpaired) electrons. The molecule has 0 fully saturated rings. The Bertz CT molecular complexity index is 2340. The summed E-state index contributed by atoms with van der Waals surface area (Å²) in [4.78, 5) is 4.20. The second-order valence-electron chi connectivity index (χ2n) is 11.2. The van der Waals surface area contributed by atoms with Gasteiger partial charge in [0, 0.05) is 27.7 Å². The third-order valence-corrected chi connectivity index (χ3v) is 8.57. The van der Waals surface area contributed by atoms with Crippen LogP contribution in [0.2, 0.25) is 0 Å². The van der Waals surface area contributed by atoms with Crippen LogP contribution in [0, 0.1) is 0 Å². The van der Waals surface area contributed by atoms with Crippen molar-refractivity contribution in [3.05, 3.63) is 152 Å². The minimum absolute atomic E-state index is 0.810. The SMILES string of the molecule is c1cc(-c2cccc(-c3ccc4oc5ccccc5c4c3)c2)cc(-c2cccc(-c3ccc4oc5cnccc5c4c3)c2)c1. The third kappa shape index (κ3) is 4.10. The van der Waals surface area contributed by atoms with Crippen LogP contribution in [0.25, 0.3) is 88.4 Å². The van der Waals surface area contributed by atoms with Crippen molar-refractivity contribution in [2.75, 3.05) is 0 Å². The first-order valence-electron chi connectivity index (χ1n) is 14.8. The van der Waals surface area contributed by atoms with Gasteiger partial charge in [-0.25, -0.2) is 0 Å². The lowest BCUT2D eigenvalue weighted by Gasteiger charge is -2.10. The number of fused-ring (bicyclic) bond motifs is 6. The van der Waals surface area contributed by atoms with E-state index in [1.807, 2.05) is 24.4 Å². The van der Waals surface area contributed by atoms with Crippen LogP contribution in [-0.2, 0) is 0 Å². The van der Waals surface area contributed by atoms with E-state index in [2.05, 4.69) is 126 Å². The molecule has 0 bridgehead atoms. The summed E-state index contributed by atoms with van der Waals surface area (Å²) in [6.07, 6.45) is 3.59. The fraction of sp³-hybridized carbons (Fsp3) is 0. The minimum Gasteiger partial charge on any atom is -0.456 e. The van der Waals surface area contributed by atoms with E-state index in [1.165, 1.54) is 38.9 Å². The number of pyridine rings is 1. The van der Waals surface area contributed by atoms with Crippen LogP contribution in [0.5, 0.6) is 0 Å². The topological polar surface area (TPSA) is 39.2 Å². The van der Waals surface area contributed by atoms with Gasteiger partial charge in [0.1, 0.15) is 16.7 Å². The molecule has 44 heavy (non-hydrogen) atoms. The fourth-order valence-corrected chi connectivity index (χ4v) is 6.35. The number of hydrogen-bond acceptors (Lipinski definition) is 3. The van der Waals surface area contributed by atoms with Crippen LogP contribution in [-0.4, -0.2) is 4.98 Å². The highest BCUT2D eigenvalue weighted by molar-refractivity contribution is 6.07. The van der Waals surface area contributed by atoms with E-state index in [4.69, 9.17) is 8.83 Å². The van der Waals surface area contributed by atoms with Crippen molar-refractivity contribution in [2.45, 2.75) is 0 Å². The average Bonchev–Trinajstić information content (AvgIpc) is 3.66. The van der Waals surface area contributed by atoms with E-state index in [0.29, 0.717) is 0 Å². The normalized spacial score (nSPS) is 11.6. The molecule has 0 atom stereocenters. The van der Waals surface area contributed by atoms with Gasteiger partial charge in [0.15, 0.2) is 5.58 Å². The van der Waals surface area contributed by atoms with Crippen LogP contribution in [0.15, 0.2) is 161 Å². The van der Waals surface area contributed by atoms with Crippen LogP contribution in [0.3, 0.4) is 0 Å². The molecule has 0 N–H and O–H groups in total. The molecule has 3 nitrogen and oxygen atoms in total. The van der Waals surface area contributed by atoms with Crippen molar-refractivity contribution in [3.8, 4) is 44.5 Å². The molecule has 206 valence electrons.